The lowest BCUT2D eigenvalue weighted by molar-refractivity contribution is 0.660. The third-order valence-electron chi connectivity index (χ3n) is 13.8. The van der Waals surface area contributed by atoms with E-state index in [-0.39, 0.29) is 5.41 Å². The van der Waals surface area contributed by atoms with E-state index in [2.05, 4.69) is 166 Å². The van der Waals surface area contributed by atoms with Gasteiger partial charge in [0.2, 0.25) is 0 Å². The Balaban J connectivity index is 0.949. The molecule has 1 aliphatic carbocycles. The normalized spacial score (nSPS) is 13.1. The van der Waals surface area contributed by atoms with Gasteiger partial charge in [0.05, 0.1) is 5.56 Å². The fraction of sp³-hybridized carbons (Fsp3) is 0.0500. The predicted octanol–water partition coefficient (Wildman–Crippen LogP) is 16.7. The Labute approximate surface area is 383 Å². The maximum Gasteiger partial charge on any atom is 0.167 e. The fourth-order valence-electron chi connectivity index (χ4n) is 10.6. The standard InChI is InChI=1S/C60H37N3O2S/c1-60(2)47-22-6-3-15-38(47)45-32-36(27-29-48(45)60)34-13-9-14-35(31-34)37-28-30-50-46(33-37)54-42(19-11-24-51(54)64-50)57-61-58(43-20-12-26-53-55(43)41-17-5-8-25-52(41)66-53)63-59(62-57)44-21-10-18-40-39-16-4-7-23-49(39)65-56(40)44/h3-33H,1-2H3. The highest BCUT2D eigenvalue weighted by Crippen LogP contribution is 2.50. The van der Waals surface area contributed by atoms with E-state index in [0.29, 0.717) is 17.5 Å². The first-order valence-electron chi connectivity index (χ1n) is 22.3. The Morgan fingerprint density at radius 2 is 0.924 bits per heavy atom. The van der Waals surface area contributed by atoms with Gasteiger partial charge in [-0.15, -0.1) is 11.3 Å². The Kier molecular flexibility index (Phi) is 7.84. The number of nitrogens with zero attached hydrogens (tertiary/aromatic N) is 3. The second-order valence-corrected chi connectivity index (χ2v) is 19.0. The minimum atomic E-state index is -0.0338. The first kappa shape index (κ1) is 37.2. The monoisotopic (exact) mass is 863 g/mol. The number of thiophene rings is 1. The smallest absolute Gasteiger partial charge is 0.167 e. The summed E-state index contributed by atoms with van der Waals surface area (Å²) in [6.45, 7) is 4.65. The van der Waals surface area contributed by atoms with Crippen molar-refractivity contribution >= 4 is 75.4 Å². The van der Waals surface area contributed by atoms with Crippen LogP contribution in [0, 0.1) is 0 Å². The van der Waals surface area contributed by atoms with E-state index >= 15 is 0 Å². The van der Waals surface area contributed by atoms with Crippen molar-refractivity contribution < 1.29 is 8.83 Å². The summed E-state index contributed by atoms with van der Waals surface area (Å²) < 4.78 is 15.6. The van der Waals surface area contributed by atoms with E-state index in [1.807, 2.05) is 36.4 Å². The van der Waals surface area contributed by atoms with Gasteiger partial charge in [-0.25, -0.2) is 15.0 Å². The van der Waals surface area contributed by atoms with E-state index in [0.717, 1.165) is 77.1 Å². The molecule has 0 atom stereocenters. The van der Waals surface area contributed by atoms with Crippen LogP contribution in [-0.4, -0.2) is 15.0 Å². The zero-order chi connectivity index (χ0) is 43.7. The minimum absolute atomic E-state index is 0.0338. The molecule has 0 bridgehead atoms. The molecule has 0 amide bonds. The van der Waals surface area contributed by atoms with Crippen molar-refractivity contribution in [3.05, 3.63) is 199 Å². The van der Waals surface area contributed by atoms with Gasteiger partial charge in [-0.1, -0.05) is 147 Å². The molecule has 310 valence electrons. The maximum atomic E-state index is 6.62. The quantitative estimate of drug-likeness (QED) is 0.172. The molecule has 0 fully saturated rings. The molecule has 0 saturated carbocycles. The van der Waals surface area contributed by atoms with Crippen LogP contribution < -0.4 is 0 Å². The third-order valence-corrected chi connectivity index (χ3v) is 14.9. The number of hydrogen-bond donors (Lipinski definition) is 0. The highest BCUT2D eigenvalue weighted by atomic mass is 32.1. The van der Waals surface area contributed by atoms with Crippen LogP contribution in [0.25, 0.3) is 132 Å². The number of benzene rings is 9. The molecule has 6 heteroatoms. The second kappa shape index (κ2) is 13.9. The van der Waals surface area contributed by atoms with Gasteiger partial charge < -0.3 is 8.83 Å². The van der Waals surface area contributed by atoms with Crippen molar-refractivity contribution in [2.45, 2.75) is 19.3 Å². The molecular weight excluding hydrogens is 827 g/mol. The lowest BCUT2D eigenvalue weighted by Crippen LogP contribution is -2.14. The zero-order valence-corrected chi connectivity index (χ0v) is 36.8. The van der Waals surface area contributed by atoms with E-state index in [1.54, 1.807) is 11.3 Å². The number of fused-ring (bicyclic) bond motifs is 12. The molecule has 0 saturated heterocycles. The zero-order valence-electron chi connectivity index (χ0n) is 36.0. The maximum absolute atomic E-state index is 6.62. The van der Waals surface area contributed by atoms with E-state index < -0.39 is 0 Å². The second-order valence-electron chi connectivity index (χ2n) is 17.9. The van der Waals surface area contributed by atoms with Gasteiger partial charge in [0.15, 0.2) is 17.5 Å². The van der Waals surface area contributed by atoms with Gasteiger partial charge in [0.1, 0.15) is 22.3 Å². The molecule has 5 nitrogen and oxygen atoms in total. The van der Waals surface area contributed by atoms with Gasteiger partial charge in [-0.05, 0) is 99.1 Å². The van der Waals surface area contributed by atoms with E-state index in [1.165, 1.54) is 48.2 Å². The van der Waals surface area contributed by atoms with Crippen LogP contribution in [0.15, 0.2) is 197 Å². The first-order valence-corrected chi connectivity index (χ1v) is 23.1. The summed E-state index contributed by atoms with van der Waals surface area (Å²) >= 11 is 1.78. The average Bonchev–Trinajstić information content (AvgIpc) is 4.11. The molecule has 9 aromatic carbocycles. The lowest BCUT2D eigenvalue weighted by atomic mass is 9.82. The van der Waals surface area contributed by atoms with Gasteiger partial charge in [-0.2, -0.15) is 0 Å². The Morgan fingerprint density at radius 1 is 0.364 bits per heavy atom. The van der Waals surface area contributed by atoms with Crippen LogP contribution in [0.1, 0.15) is 25.0 Å². The van der Waals surface area contributed by atoms with Gasteiger partial charge in [0.25, 0.3) is 0 Å². The molecule has 0 N–H and O–H groups in total. The van der Waals surface area contributed by atoms with Crippen molar-refractivity contribution in [1.29, 1.82) is 0 Å². The molecule has 0 aliphatic heterocycles. The van der Waals surface area contributed by atoms with Crippen LogP contribution in [-0.2, 0) is 5.41 Å². The van der Waals surface area contributed by atoms with Gasteiger partial charge >= 0.3 is 0 Å². The molecule has 13 aromatic rings. The van der Waals surface area contributed by atoms with Crippen molar-refractivity contribution in [3.8, 4) is 67.5 Å². The predicted molar refractivity (Wildman–Crippen MR) is 272 cm³/mol. The van der Waals surface area contributed by atoms with Crippen molar-refractivity contribution in [2.24, 2.45) is 0 Å². The molecule has 0 radical (unpaired) electrons. The summed E-state index contributed by atoms with van der Waals surface area (Å²) in [5, 5.41) is 6.33. The van der Waals surface area contributed by atoms with Crippen molar-refractivity contribution in [1.82, 2.24) is 15.0 Å². The van der Waals surface area contributed by atoms with Gasteiger partial charge in [-0.3, -0.25) is 0 Å². The lowest BCUT2D eigenvalue weighted by Gasteiger charge is -2.21. The van der Waals surface area contributed by atoms with Crippen molar-refractivity contribution in [2.75, 3.05) is 0 Å². The summed E-state index contributed by atoms with van der Waals surface area (Å²) in [6, 6.07) is 66.6. The van der Waals surface area contributed by atoms with E-state index in [4.69, 9.17) is 23.8 Å². The molecule has 14 rings (SSSR count). The SMILES string of the molecule is CC1(C)c2ccccc2-c2cc(-c3cccc(-c4ccc5oc6cccc(-c7nc(-c8cccc9c8oc8ccccc89)nc(-c8cccc9sc%10ccccc%10c89)n7)c6c5c4)c3)ccc21. The van der Waals surface area contributed by atoms with Crippen LogP contribution in [0.4, 0.5) is 0 Å². The summed E-state index contributed by atoms with van der Waals surface area (Å²) in [5.74, 6) is 1.69. The summed E-state index contributed by atoms with van der Waals surface area (Å²) in [5.41, 5.74) is 15.7. The van der Waals surface area contributed by atoms with E-state index in [9.17, 15) is 0 Å². The van der Waals surface area contributed by atoms with Gasteiger partial charge in [0, 0.05) is 58.3 Å². The molecule has 4 heterocycles. The topological polar surface area (TPSA) is 65.0 Å². The summed E-state index contributed by atoms with van der Waals surface area (Å²) in [7, 11) is 0. The minimum Gasteiger partial charge on any atom is -0.456 e. The number of hydrogen-bond acceptors (Lipinski definition) is 6. The fourth-order valence-corrected chi connectivity index (χ4v) is 11.7. The molecule has 0 spiro atoms. The molecule has 4 aromatic heterocycles. The molecule has 1 aliphatic rings. The Morgan fingerprint density at radius 3 is 1.79 bits per heavy atom. The van der Waals surface area contributed by atoms with Crippen molar-refractivity contribution in [3.63, 3.8) is 0 Å². The highest BCUT2D eigenvalue weighted by Gasteiger charge is 2.35. The number of furan rings is 2. The van der Waals surface area contributed by atoms with Crippen LogP contribution in [0.3, 0.4) is 0 Å². The first-order chi connectivity index (χ1) is 32.4. The van der Waals surface area contributed by atoms with Crippen LogP contribution in [0.2, 0.25) is 0 Å². The molecule has 66 heavy (non-hydrogen) atoms. The molecule has 0 unspecified atom stereocenters. The summed E-state index contributed by atoms with van der Waals surface area (Å²) in [6.07, 6.45) is 0. The third kappa shape index (κ3) is 5.49. The summed E-state index contributed by atoms with van der Waals surface area (Å²) in [4.78, 5) is 16.0. The van der Waals surface area contributed by atoms with Crippen LogP contribution in [0.5, 0.6) is 0 Å². The number of aromatic nitrogens is 3. The largest absolute Gasteiger partial charge is 0.456 e. The van der Waals surface area contributed by atoms with Crippen LogP contribution >= 0.6 is 11.3 Å². The number of rotatable bonds is 5. The average molecular weight is 864 g/mol. The highest BCUT2D eigenvalue weighted by molar-refractivity contribution is 7.25. The Hall–Kier alpha value is -8.19. The number of para-hydroxylation sites is 2. The Bertz CT molecular complexity index is 4170. The molecular formula is C60H37N3O2S.